The summed E-state index contributed by atoms with van der Waals surface area (Å²) in [6.45, 7) is 0. The Bertz CT molecular complexity index is 1110. The van der Waals surface area contributed by atoms with Crippen molar-refractivity contribution >= 4 is 28.4 Å². The molecule has 0 saturated heterocycles. The summed E-state index contributed by atoms with van der Waals surface area (Å²) in [5.74, 6) is -1.01. The molecule has 0 aliphatic heterocycles. The topological polar surface area (TPSA) is 113 Å². The van der Waals surface area contributed by atoms with Gasteiger partial charge in [0.1, 0.15) is 16.9 Å². The molecular formula is C17H13F3N4O3. The van der Waals surface area contributed by atoms with E-state index in [2.05, 4.69) is 9.72 Å². The van der Waals surface area contributed by atoms with Crippen molar-refractivity contribution in [3.8, 4) is 5.69 Å². The molecule has 1 aromatic carbocycles. The number of ether oxygens (including phenoxy) is 1. The third-order valence-corrected chi connectivity index (χ3v) is 3.89. The van der Waals surface area contributed by atoms with Gasteiger partial charge in [-0.25, -0.2) is 9.78 Å². The van der Waals surface area contributed by atoms with Crippen molar-refractivity contribution in [3.63, 3.8) is 0 Å². The van der Waals surface area contributed by atoms with Gasteiger partial charge in [-0.15, -0.1) is 0 Å². The van der Waals surface area contributed by atoms with E-state index < -0.39 is 29.0 Å². The third-order valence-electron chi connectivity index (χ3n) is 3.89. The molecule has 2 heterocycles. The van der Waals surface area contributed by atoms with Crippen LogP contribution in [0.15, 0.2) is 41.2 Å². The summed E-state index contributed by atoms with van der Waals surface area (Å²) in [6.07, 6.45) is -4.73. The van der Waals surface area contributed by atoms with Crippen LogP contribution in [0.5, 0.6) is 0 Å². The average molecular weight is 378 g/mol. The number of halogens is 3. The summed E-state index contributed by atoms with van der Waals surface area (Å²) in [5.41, 5.74) is 8.72. The first kappa shape index (κ1) is 18.2. The quantitative estimate of drug-likeness (QED) is 0.523. The van der Waals surface area contributed by atoms with Gasteiger partial charge in [0.05, 0.1) is 18.5 Å². The average Bonchev–Trinajstić information content (AvgIpc) is 2.62. The molecule has 0 saturated carbocycles. The van der Waals surface area contributed by atoms with E-state index in [1.54, 1.807) is 0 Å². The molecule has 3 rings (SSSR count). The van der Waals surface area contributed by atoms with Crippen molar-refractivity contribution in [1.82, 2.24) is 9.55 Å². The molecule has 0 amide bonds. The molecule has 27 heavy (non-hydrogen) atoms. The monoisotopic (exact) mass is 378 g/mol. The van der Waals surface area contributed by atoms with Gasteiger partial charge in [-0.05, 0) is 36.4 Å². The summed E-state index contributed by atoms with van der Waals surface area (Å²) in [7, 11) is 1.06. The fourth-order valence-electron chi connectivity index (χ4n) is 2.61. The van der Waals surface area contributed by atoms with Gasteiger partial charge < -0.3 is 16.2 Å². The molecule has 0 fully saturated rings. The van der Waals surface area contributed by atoms with Crippen LogP contribution in [0.3, 0.4) is 0 Å². The number of methoxy groups -OCH3 is 1. The highest BCUT2D eigenvalue weighted by Crippen LogP contribution is 2.31. The zero-order chi connectivity index (χ0) is 19.9. The van der Waals surface area contributed by atoms with Crippen molar-refractivity contribution in [2.45, 2.75) is 6.18 Å². The number of fused-ring (bicyclic) bond motifs is 1. The number of aromatic nitrogens is 2. The van der Waals surface area contributed by atoms with Gasteiger partial charge in [-0.1, -0.05) is 0 Å². The molecule has 2 aromatic heterocycles. The summed E-state index contributed by atoms with van der Waals surface area (Å²) in [5, 5.41) is -0.000162. The van der Waals surface area contributed by atoms with E-state index in [1.807, 2.05) is 0 Å². The van der Waals surface area contributed by atoms with E-state index in [1.165, 1.54) is 24.3 Å². The lowest BCUT2D eigenvalue weighted by molar-refractivity contribution is -0.141. The van der Waals surface area contributed by atoms with Gasteiger partial charge in [0, 0.05) is 11.1 Å². The second-order valence-corrected chi connectivity index (χ2v) is 5.58. The molecule has 0 radical (unpaired) electrons. The normalized spacial score (nSPS) is 11.6. The van der Waals surface area contributed by atoms with E-state index in [4.69, 9.17) is 11.5 Å². The number of esters is 1. The Labute approximate surface area is 150 Å². The molecule has 0 spiro atoms. The summed E-state index contributed by atoms with van der Waals surface area (Å²) >= 11 is 0. The SMILES string of the molecule is COC(=O)c1c(N)c2ccc(C(F)(F)F)nc2n(-c2ccc(N)cc2)c1=O. The van der Waals surface area contributed by atoms with E-state index in [0.29, 0.717) is 5.69 Å². The second-order valence-electron chi connectivity index (χ2n) is 5.58. The van der Waals surface area contributed by atoms with Gasteiger partial charge >= 0.3 is 12.1 Å². The van der Waals surface area contributed by atoms with Crippen LogP contribution < -0.4 is 17.0 Å². The fraction of sp³-hybridized carbons (Fsp3) is 0.118. The molecule has 140 valence electrons. The minimum atomic E-state index is -4.73. The number of hydrogen-bond acceptors (Lipinski definition) is 6. The Kier molecular flexibility index (Phi) is 4.26. The molecule has 10 heteroatoms. The standard InChI is InChI=1S/C17H13F3N4O3/c1-27-16(26)12-13(22)10-6-7-11(17(18,19)20)23-14(10)24(15(12)25)9-4-2-8(21)3-5-9/h2-7H,21-22H2,1H3. The fourth-order valence-corrected chi connectivity index (χ4v) is 2.61. The Morgan fingerprint density at radius 3 is 2.30 bits per heavy atom. The van der Waals surface area contributed by atoms with Gasteiger partial charge in [0.2, 0.25) is 0 Å². The Morgan fingerprint density at radius 2 is 1.74 bits per heavy atom. The van der Waals surface area contributed by atoms with Crippen LogP contribution in [0.25, 0.3) is 16.7 Å². The Balaban J connectivity index is 2.50. The molecule has 0 aliphatic rings. The zero-order valence-corrected chi connectivity index (χ0v) is 13.9. The summed E-state index contributed by atoms with van der Waals surface area (Å²) < 4.78 is 44.7. The number of alkyl halides is 3. The number of nitrogens with zero attached hydrogens (tertiary/aromatic N) is 2. The Morgan fingerprint density at radius 1 is 1.11 bits per heavy atom. The predicted octanol–water partition coefficient (Wildman–Crippen LogP) is 2.36. The van der Waals surface area contributed by atoms with Crippen molar-refractivity contribution in [3.05, 3.63) is 58.0 Å². The van der Waals surface area contributed by atoms with Crippen LogP contribution in [0, 0.1) is 0 Å². The number of rotatable bonds is 2. The highest BCUT2D eigenvalue weighted by molar-refractivity contribution is 6.03. The number of pyridine rings is 2. The van der Waals surface area contributed by atoms with Crippen molar-refractivity contribution < 1.29 is 22.7 Å². The second kappa shape index (κ2) is 6.31. The van der Waals surface area contributed by atoms with Crippen LogP contribution in [-0.2, 0) is 10.9 Å². The maximum absolute atomic E-state index is 13.1. The number of nitrogen functional groups attached to an aromatic ring is 2. The van der Waals surface area contributed by atoms with Crippen LogP contribution in [-0.4, -0.2) is 22.6 Å². The number of carbonyl (C=O) groups excluding carboxylic acids is 1. The van der Waals surface area contributed by atoms with Gasteiger partial charge in [-0.3, -0.25) is 9.36 Å². The van der Waals surface area contributed by atoms with Crippen molar-refractivity contribution in [2.24, 2.45) is 0 Å². The lowest BCUT2D eigenvalue weighted by Gasteiger charge is -2.16. The lowest BCUT2D eigenvalue weighted by Crippen LogP contribution is -2.29. The molecule has 0 atom stereocenters. The summed E-state index contributed by atoms with van der Waals surface area (Å²) in [6, 6.07) is 7.51. The third kappa shape index (κ3) is 3.05. The number of anilines is 2. The van der Waals surface area contributed by atoms with Gasteiger partial charge in [0.25, 0.3) is 5.56 Å². The Hall–Kier alpha value is -3.56. The van der Waals surface area contributed by atoms with Gasteiger partial charge in [-0.2, -0.15) is 13.2 Å². The molecular weight excluding hydrogens is 365 g/mol. The number of benzene rings is 1. The smallest absolute Gasteiger partial charge is 0.433 e. The van der Waals surface area contributed by atoms with E-state index in [0.717, 1.165) is 23.8 Å². The highest BCUT2D eigenvalue weighted by Gasteiger charge is 2.33. The minimum absolute atomic E-state index is 0.000162. The van der Waals surface area contributed by atoms with Crippen molar-refractivity contribution in [2.75, 3.05) is 18.6 Å². The lowest BCUT2D eigenvalue weighted by atomic mass is 10.1. The number of nitrogens with two attached hydrogens (primary N) is 2. The molecule has 0 unspecified atom stereocenters. The van der Waals surface area contributed by atoms with E-state index in [9.17, 15) is 22.8 Å². The van der Waals surface area contributed by atoms with Crippen LogP contribution in [0.4, 0.5) is 24.5 Å². The number of carbonyl (C=O) groups is 1. The van der Waals surface area contributed by atoms with Crippen molar-refractivity contribution in [1.29, 1.82) is 0 Å². The van der Waals surface area contributed by atoms with E-state index in [-0.39, 0.29) is 22.4 Å². The van der Waals surface area contributed by atoms with Crippen LogP contribution >= 0.6 is 0 Å². The zero-order valence-electron chi connectivity index (χ0n) is 13.9. The first-order valence-corrected chi connectivity index (χ1v) is 7.52. The van der Waals surface area contributed by atoms with E-state index >= 15 is 0 Å². The molecule has 0 bridgehead atoms. The summed E-state index contributed by atoms with van der Waals surface area (Å²) in [4.78, 5) is 28.5. The minimum Gasteiger partial charge on any atom is -0.465 e. The molecule has 3 aromatic rings. The largest absolute Gasteiger partial charge is 0.465 e. The van der Waals surface area contributed by atoms with Gasteiger partial charge in [0.15, 0.2) is 0 Å². The maximum Gasteiger partial charge on any atom is 0.433 e. The first-order valence-electron chi connectivity index (χ1n) is 7.52. The number of hydrogen-bond donors (Lipinski definition) is 2. The maximum atomic E-state index is 13.1. The molecule has 7 nitrogen and oxygen atoms in total. The predicted molar refractivity (Wildman–Crippen MR) is 92.5 cm³/mol. The molecule has 0 aliphatic carbocycles. The molecule has 4 N–H and O–H groups in total. The van der Waals surface area contributed by atoms with Crippen LogP contribution in [0.2, 0.25) is 0 Å². The highest BCUT2D eigenvalue weighted by atomic mass is 19.4. The first-order chi connectivity index (χ1) is 12.6. The van der Waals surface area contributed by atoms with Crippen LogP contribution in [0.1, 0.15) is 16.1 Å².